The van der Waals surface area contributed by atoms with E-state index < -0.39 is 5.92 Å². The lowest BCUT2D eigenvalue weighted by atomic mass is 9.92. The molecule has 0 aliphatic carbocycles. The van der Waals surface area contributed by atoms with E-state index in [9.17, 15) is 4.79 Å². The summed E-state index contributed by atoms with van der Waals surface area (Å²) in [4.78, 5) is 12.8. The summed E-state index contributed by atoms with van der Waals surface area (Å²) in [6, 6.07) is 9.77. The molecule has 3 atom stereocenters. The fraction of sp³-hybridized carbons (Fsp3) is 0.500. The number of benzene rings is 1. The lowest BCUT2D eigenvalue weighted by Crippen LogP contribution is -2.54. The van der Waals surface area contributed by atoms with Gasteiger partial charge in [0.15, 0.2) is 0 Å². The minimum atomic E-state index is -0.493. The van der Waals surface area contributed by atoms with Crippen molar-refractivity contribution in [1.29, 1.82) is 0 Å². The maximum absolute atomic E-state index is 12.6. The molecule has 1 aromatic carbocycles. The van der Waals surface area contributed by atoms with E-state index in [-0.39, 0.29) is 22.5 Å². The number of nitrogens with one attached hydrogen (secondary N) is 1. The van der Waals surface area contributed by atoms with Crippen molar-refractivity contribution in [2.45, 2.75) is 38.3 Å². The molecule has 1 aliphatic rings. The van der Waals surface area contributed by atoms with Crippen molar-refractivity contribution in [2.24, 2.45) is 11.7 Å². The zero-order chi connectivity index (χ0) is 15.5. The molecule has 114 valence electrons. The molecule has 4 nitrogen and oxygen atoms in total. The average Bonchev–Trinajstić information content (AvgIpc) is 2.76. The quantitative estimate of drug-likeness (QED) is 0.815. The monoisotopic (exact) mass is 306 g/mol. The minimum absolute atomic E-state index is 0.00910. The van der Waals surface area contributed by atoms with Crippen LogP contribution >= 0.6 is 12.2 Å². The van der Waals surface area contributed by atoms with Crippen LogP contribution in [-0.4, -0.2) is 29.1 Å². The first-order valence-corrected chi connectivity index (χ1v) is 7.60. The van der Waals surface area contributed by atoms with Crippen LogP contribution in [-0.2, 0) is 16.0 Å². The second-order valence-electron chi connectivity index (χ2n) is 5.81. The number of rotatable bonds is 5. The molecule has 1 saturated heterocycles. The zero-order valence-corrected chi connectivity index (χ0v) is 13.3. The van der Waals surface area contributed by atoms with E-state index in [0.717, 1.165) is 12.0 Å². The van der Waals surface area contributed by atoms with Gasteiger partial charge in [-0.25, -0.2) is 0 Å². The van der Waals surface area contributed by atoms with Crippen LogP contribution < -0.4 is 11.1 Å². The molecular formula is C16H22N2O2S. The molecule has 0 saturated carbocycles. The third-order valence-corrected chi connectivity index (χ3v) is 4.52. The van der Waals surface area contributed by atoms with E-state index in [4.69, 9.17) is 22.7 Å². The highest BCUT2D eigenvalue weighted by Gasteiger charge is 2.39. The summed E-state index contributed by atoms with van der Waals surface area (Å²) in [6.45, 7) is 4.64. The summed E-state index contributed by atoms with van der Waals surface area (Å²) in [6.07, 6.45) is 1.31. The number of carbonyl (C=O) groups is 1. The topological polar surface area (TPSA) is 64.3 Å². The van der Waals surface area contributed by atoms with Gasteiger partial charge in [-0.05, 0) is 32.3 Å². The molecule has 3 unspecified atom stereocenters. The second-order valence-corrected chi connectivity index (χ2v) is 6.29. The molecule has 1 amide bonds. The maximum Gasteiger partial charge on any atom is 0.230 e. The number of hydrogen-bond acceptors (Lipinski definition) is 3. The number of nitrogens with two attached hydrogens (primary N) is 1. The van der Waals surface area contributed by atoms with Gasteiger partial charge in [-0.15, -0.1) is 0 Å². The average molecular weight is 306 g/mol. The number of hydrogen-bond donors (Lipinski definition) is 2. The lowest BCUT2D eigenvalue weighted by Gasteiger charge is -2.30. The van der Waals surface area contributed by atoms with Gasteiger partial charge in [0.05, 0.1) is 22.5 Å². The van der Waals surface area contributed by atoms with Crippen molar-refractivity contribution in [3.63, 3.8) is 0 Å². The maximum atomic E-state index is 12.6. The molecule has 2 rings (SSSR count). The van der Waals surface area contributed by atoms with Crippen molar-refractivity contribution in [2.75, 3.05) is 6.61 Å². The fourth-order valence-corrected chi connectivity index (χ4v) is 2.73. The van der Waals surface area contributed by atoms with E-state index in [1.165, 1.54) is 0 Å². The number of amides is 1. The van der Waals surface area contributed by atoms with E-state index in [0.29, 0.717) is 13.0 Å². The zero-order valence-electron chi connectivity index (χ0n) is 12.5. The van der Waals surface area contributed by atoms with Crippen LogP contribution in [0.2, 0.25) is 0 Å². The molecule has 0 aromatic heterocycles. The molecular weight excluding hydrogens is 284 g/mol. The van der Waals surface area contributed by atoms with E-state index >= 15 is 0 Å². The molecule has 1 heterocycles. The van der Waals surface area contributed by atoms with Crippen LogP contribution in [0.1, 0.15) is 25.8 Å². The van der Waals surface area contributed by atoms with Gasteiger partial charge in [0, 0.05) is 6.61 Å². The molecule has 3 N–H and O–H groups in total. The Kier molecular flexibility index (Phi) is 4.96. The van der Waals surface area contributed by atoms with E-state index in [1.54, 1.807) is 0 Å². The Labute approximate surface area is 131 Å². The molecule has 1 aliphatic heterocycles. The molecule has 1 aromatic rings. The summed E-state index contributed by atoms with van der Waals surface area (Å²) in [5.74, 6) is -0.613. The summed E-state index contributed by atoms with van der Waals surface area (Å²) >= 11 is 5.08. The van der Waals surface area contributed by atoms with Crippen molar-refractivity contribution < 1.29 is 9.53 Å². The second kappa shape index (κ2) is 6.54. The standard InChI is InChI=1S/C16H22N2O2S/c1-11-16(2,8-9-20-11)18-15(19)13(14(17)21)10-12-6-4-3-5-7-12/h3-7,11,13H,8-10H2,1-2H3,(H2,17,21)(H,18,19). The first-order chi connectivity index (χ1) is 9.92. The highest BCUT2D eigenvalue weighted by molar-refractivity contribution is 7.80. The predicted molar refractivity (Wildman–Crippen MR) is 87.0 cm³/mol. The third kappa shape index (κ3) is 3.80. The van der Waals surface area contributed by atoms with Crippen LogP contribution in [0.4, 0.5) is 0 Å². The Morgan fingerprint density at radius 3 is 2.71 bits per heavy atom. The number of carbonyl (C=O) groups excluding carboxylic acids is 1. The van der Waals surface area contributed by atoms with Gasteiger partial charge < -0.3 is 15.8 Å². The number of ether oxygens (including phenoxy) is 1. The SMILES string of the molecule is CC1OCCC1(C)NC(=O)C(Cc1ccccc1)C(N)=S. The number of thiocarbonyl (C=S) groups is 1. The Morgan fingerprint density at radius 2 is 2.19 bits per heavy atom. The van der Waals surface area contributed by atoms with Crippen LogP contribution in [0.5, 0.6) is 0 Å². The largest absolute Gasteiger partial charge is 0.393 e. The minimum Gasteiger partial charge on any atom is -0.393 e. The van der Waals surface area contributed by atoms with Gasteiger partial charge in [0.1, 0.15) is 0 Å². The molecule has 21 heavy (non-hydrogen) atoms. The summed E-state index contributed by atoms with van der Waals surface area (Å²) in [7, 11) is 0. The summed E-state index contributed by atoms with van der Waals surface area (Å²) in [5.41, 5.74) is 6.47. The summed E-state index contributed by atoms with van der Waals surface area (Å²) < 4.78 is 5.55. The van der Waals surface area contributed by atoms with Gasteiger partial charge in [-0.2, -0.15) is 0 Å². The Morgan fingerprint density at radius 1 is 1.52 bits per heavy atom. The molecule has 5 heteroatoms. The van der Waals surface area contributed by atoms with E-state index in [2.05, 4.69) is 5.32 Å². The van der Waals surface area contributed by atoms with Crippen molar-refractivity contribution in [1.82, 2.24) is 5.32 Å². The smallest absolute Gasteiger partial charge is 0.230 e. The van der Waals surface area contributed by atoms with Crippen molar-refractivity contribution in [3.8, 4) is 0 Å². The van der Waals surface area contributed by atoms with Crippen molar-refractivity contribution in [3.05, 3.63) is 35.9 Å². The highest BCUT2D eigenvalue weighted by atomic mass is 32.1. The van der Waals surface area contributed by atoms with Crippen LogP contribution in [0.15, 0.2) is 30.3 Å². The molecule has 0 spiro atoms. The van der Waals surface area contributed by atoms with Gasteiger partial charge in [-0.3, -0.25) is 4.79 Å². The van der Waals surface area contributed by atoms with Gasteiger partial charge in [-0.1, -0.05) is 42.5 Å². The lowest BCUT2D eigenvalue weighted by molar-refractivity contribution is -0.125. The Balaban J connectivity index is 2.08. The van der Waals surface area contributed by atoms with Crippen molar-refractivity contribution >= 4 is 23.1 Å². The van der Waals surface area contributed by atoms with Gasteiger partial charge in [0.2, 0.25) is 5.91 Å². The van der Waals surface area contributed by atoms with Crippen LogP contribution in [0.25, 0.3) is 0 Å². The van der Waals surface area contributed by atoms with Crippen LogP contribution in [0, 0.1) is 5.92 Å². The molecule has 0 bridgehead atoms. The molecule has 0 radical (unpaired) electrons. The molecule has 1 fully saturated rings. The predicted octanol–water partition coefficient (Wildman–Crippen LogP) is 1.82. The normalized spacial score (nSPS) is 26.3. The first-order valence-electron chi connectivity index (χ1n) is 7.19. The fourth-order valence-electron chi connectivity index (χ4n) is 2.54. The van der Waals surface area contributed by atoms with E-state index in [1.807, 2.05) is 44.2 Å². The Hall–Kier alpha value is -1.46. The first kappa shape index (κ1) is 15.9. The van der Waals surface area contributed by atoms with Gasteiger partial charge in [0.25, 0.3) is 0 Å². The Bertz CT molecular complexity index is 520. The highest BCUT2D eigenvalue weighted by Crippen LogP contribution is 2.25. The third-order valence-electron chi connectivity index (χ3n) is 4.24. The van der Waals surface area contributed by atoms with Crippen LogP contribution in [0.3, 0.4) is 0 Å². The summed E-state index contributed by atoms with van der Waals surface area (Å²) in [5, 5.41) is 3.08. The van der Waals surface area contributed by atoms with Gasteiger partial charge >= 0.3 is 0 Å².